The van der Waals surface area contributed by atoms with E-state index in [2.05, 4.69) is 5.32 Å². The van der Waals surface area contributed by atoms with Gasteiger partial charge in [0, 0.05) is 0 Å². The molecule has 5 nitrogen and oxygen atoms in total. The van der Waals surface area contributed by atoms with Crippen molar-refractivity contribution in [1.82, 2.24) is 5.32 Å². The summed E-state index contributed by atoms with van der Waals surface area (Å²) in [6.07, 6.45) is -1.18. The maximum Gasteiger partial charge on any atom is 0.407 e. The number of hydrogen-bond acceptors (Lipinski definition) is 4. The average Bonchev–Trinajstić information content (AvgIpc) is 2.73. The van der Waals surface area contributed by atoms with Gasteiger partial charge in [0.1, 0.15) is 12.4 Å². The lowest BCUT2D eigenvalue weighted by Crippen LogP contribution is -2.21. The van der Waals surface area contributed by atoms with Crippen LogP contribution < -0.4 is 10.1 Å². The molecule has 0 bridgehead atoms. The molecule has 1 aliphatic rings. The molecule has 1 aromatic carbocycles. The van der Waals surface area contributed by atoms with E-state index in [1.165, 1.54) is 0 Å². The van der Waals surface area contributed by atoms with Gasteiger partial charge in [-0.05, 0) is 24.6 Å². The van der Waals surface area contributed by atoms with Gasteiger partial charge in [-0.2, -0.15) is 0 Å². The summed E-state index contributed by atoms with van der Waals surface area (Å²) in [5, 5.41) is 12.0. The molecule has 1 aromatic rings. The molecule has 2 rings (SSSR count). The van der Waals surface area contributed by atoms with E-state index in [-0.39, 0.29) is 6.10 Å². The Bertz CT molecular complexity index is 405. The molecule has 1 amide bonds. The second kappa shape index (κ2) is 5.05. The fourth-order valence-electron chi connectivity index (χ4n) is 1.58. The molecule has 0 aliphatic carbocycles. The summed E-state index contributed by atoms with van der Waals surface area (Å²) < 4.78 is 10.4. The number of rotatable bonds is 4. The van der Waals surface area contributed by atoms with Crippen LogP contribution in [0.4, 0.5) is 4.79 Å². The number of alkyl carbamates (subject to hydrolysis) is 1. The second-order valence-corrected chi connectivity index (χ2v) is 3.97. The van der Waals surface area contributed by atoms with Gasteiger partial charge in [-0.3, -0.25) is 0 Å². The first-order valence-electron chi connectivity index (χ1n) is 5.50. The van der Waals surface area contributed by atoms with E-state index in [4.69, 9.17) is 9.47 Å². The van der Waals surface area contributed by atoms with Crippen molar-refractivity contribution in [3.8, 4) is 5.75 Å². The lowest BCUT2D eigenvalue weighted by Gasteiger charge is -2.12. The third-order valence-electron chi connectivity index (χ3n) is 2.52. The fourth-order valence-corrected chi connectivity index (χ4v) is 1.58. The number of aliphatic hydroxyl groups is 1. The Balaban J connectivity index is 1.90. The molecule has 92 valence electrons. The zero-order valence-electron chi connectivity index (χ0n) is 9.55. The number of benzene rings is 1. The number of aliphatic hydroxyl groups excluding tert-OH is 1. The van der Waals surface area contributed by atoms with Crippen molar-refractivity contribution in [3.05, 3.63) is 29.8 Å². The van der Waals surface area contributed by atoms with Crippen molar-refractivity contribution in [3.63, 3.8) is 0 Å². The van der Waals surface area contributed by atoms with E-state index in [0.29, 0.717) is 18.9 Å². The Kier molecular flexibility index (Phi) is 3.49. The van der Waals surface area contributed by atoms with E-state index in [1.54, 1.807) is 19.1 Å². The molecule has 0 saturated carbocycles. The number of amides is 1. The van der Waals surface area contributed by atoms with E-state index in [9.17, 15) is 9.90 Å². The Morgan fingerprint density at radius 2 is 2.47 bits per heavy atom. The summed E-state index contributed by atoms with van der Waals surface area (Å²) in [6.45, 7) is 2.47. The molecule has 5 heteroatoms. The SMILES string of the molecule is CC(O)c1cccc(OCC2CNC(=O)O2)c1. The summed E-state index contributed by atoms with van der Waals surface area (Å²) >= 11 is 0. The van der Waals surface area contributed by atoms with Gasteiger partial charge >= 0.3 is 6.09 Å². The highest BCUT2D eigenvalue weighted by Gasteiger charge is 2.22. The maximum absolute atomic E-state index is 10.8. The molecule has 2 unspecified atom stereocenters. The number of hydrogen-bond donors (Lipinski definition) is 2. The quantitative estimate of drug-likeness (QED) is 0.826. The van der Waals surface area contributed by atoms with Crippen molar-refractivity contribution < 1.29 is 19.4 Å². The molecule has 1 aliphatic heterocycles. The third-order valence-corrected chi connectivity index (χ3v) is 2.52. The first-order valence-corrected chi connectivity index (χ1v) is 5.50. The van der Waals surface area contributed by atoms with Crippen molar-refractivity contribution in [2.24, 2.45) is 0 Å². The maximum atomic E-state index is 10.8. The normalized spacial score (nSPS) is 20.6. The first kappa shape index (κ1) is 11.7. The largest absolute Gasteiger partial charge is 0.490 e. The number of carbonyl (C=O) groups excluding carboxylic acids is 1. The smallest absolute Gasteiger partial charge is 0.407 e. The van der Waals surface area contributed by atoms with Gasteiger partial charge in [0.15, 0.2) is 6.10 Å². The van der Waals surface area contributed by atoms with Crippen molar-refractivity contribution in [2.75, 3.05) is 13.2 Å². The lowest BCUT2D eigenvalue weighted by molar-refractivity contribution is 0.104. The van der Waals surface area contributed by atoms with Crippen LogP contribution in [-0.2, 0) is 4.74 Å². The number of cyclic esters (lactones) is 1. The summed E-state index contributed by atoms with van der Waals surface area (Å²) in [4.78, 5) is 10.8. The van der Waals surface area contributed by atoms with Crippen molar-refractivity contribution in [1.29, 1.82) is 0 Å². The Morgan fingerprint density at radius 1 is 1.65 bits per heavy atom. The molecular weight excluding hydrogens is 222 g/mol. The van der Waals surface area contributed by atoms with Crippen LogP contribution in [0.2, 0.25) is 0 Å². The molecule has 1 fully saturated rings. The highest BCUT2D eigenvalue weighted by Crippen LogP contribution is 2.19. The van der Waals surface area contributed by atoms with E-state index in [1.807, 2.05) is 12.1 Å². The zero-order valence-corrected chi connectivity index (χ0v) is 9.55. The van der Waals surface area contributed by atoms with E-state index >= 15 is 0 Å². The molecule has 2 N–H and O–H groups in total. The fraction of sp³-hybridized carbons (Fsp3) is 0.417. The minimum absolute atomic E-state index is 0.252. The van der Waals surface area contributed by atoms with Crippen LogP contribution in [0, 0.1) is 0 Å². The molecule has 2 atom stereocenters. The van der Waals surface area contributed by atoms with Crippen LogP contribution in [0.15, 0.2) is 24.3 Å². The Labute approximate surface area is 99.3 Å². The summed E-state index contributed by atoms with van der Waals surface area (Å²) in [7, 11) is 0. The van der Waals surface area contributed by atoms with Crippen LogP contribution in [0.5, 0.6) is 5.75 Å². The third kappa shape index (κ3) is 3.10. The molecule has 0 radical (unpaired) electrons. The molecule has 1 heterocycles. The predicted molar refractivity (Wildman–Crippen MR) is 60.8 cm³/mol. The Morgan fingerprint density at radius 3 is 3.12 bits per heavy atom. The van der Waals surface area contributed by atoms with Gasteiger partial charge in [0.25, 0.3) is 0 Å². The highest BCUT2D eigenvalue weighted by atomic mass is 16.6. The standard InChI is InChI=1S/C12H15NO4/c1-8(14)9-3-2-4-10(5-9)16-7-11-6-13-12(15)17-11/h2-5,8,11,14H,6-7H2,1H3,(H,13,15). The van der Waals surface area contributed by atoms with Crippen LogP contribution in [0.1, 0.15) is 18.6 Å². The minimum Gasteiger partial charge on any atom is -0.490 e. The van der Waals surface area contributed by atoms with Gasteiger partial charge in [0.05, 0.1) is 12.6 Å². The number of carbonyl (C=O) groups is 1. The lowest BCUT2D eigenvalue weighted by atomic mass is 10.1. The van der Waals surface area contributed by atoms with Crippen LogP contribution in [-0.4, -0.2) is 30.5 Å². The van der Waals surface area contributed by atoms with Crippen molar-refractivity contribution in [2.45, 2.75) is 19.1 Å². The molecule has 0 spiro atoms. The minimum atomic E-state index is -0.524. The van der Waals surface area contributed by atoms with Crippen LogP contribution >= 0.6 is 0 Å². The average molecular weight is 237 g/mol. The molecule has 0 aromatic heterocycles. The van der Waals surface area contributed by atoms with Crippen LogP contribution in [0.3, 0.4) is 0 Å². The van der Waals surface area contributed by atoms with Gasteiger partial charge in [0.2, 0.25) is 0 Å². The van der Waals surface area contributed by atoms with Gasteiger partial charge in [-0.25, -0.2) is 4.79 Å². The molecular formula is C12H15NO4. The molecule has 17 heavy (non-hydrogen) atoms. The number of nitrogens with one attached hydrogen (secondary N) is 1. The summed E-state index contributed by atoms with van der Waals surface area (Å²) in [5.74, 6) is 0.659. The monoisotopic (exact) mass is 237 g/mol. The topological polar surface area (TPSA) is 67.8 Å². The summed E-state index contributed by atoms with van der Waals surface area (Å²) in [5.41, 5.74) is 0.795. The molecule has 1 saturated heterocycles. The van der Waals surface area contributed by atoms with Crippen molar-refractivity contribution >= 4 is 6.09 Å². The second-order valence-electron chi connectivity index (χ2n) is 3.97. The highest BCUT2D eigenvalue weighted by molar-refractivity contribution is 5.69. The summed E-state index contributed by atoms with van der Waals surface area (Å²) in [6, 6.07) is 7.22. The van der Waals surface area contributed by atoms with Gasteiger partial charge < -0.3 is 19.9 Å². The predicted octanol–water partition coefficient (Wildman–Crippen LogP) is 1.23. The van der Waals surface area contributed by atoms with E-state index in [0.717, 1.165) is 5.56 Å². The Hall–Kier alpha value is -1.75. The van der Waals surface area contributed by atoms with Gasteiger partial charge in [-0.15, -0.1) is 0 Å². The van der Waals surface area contributed by atoms with Gasteiger partial charge in [-0.1, -0.05) is 12.1 Å². The van der Waals surface area contributed by atoms with Crippen LogP contribution in [0.25, 0.3) is 0 Å². The van der Waals surface area contributed by atoms with E-state index < -0.39 is 12.2 Å². The first-order chi connectivity index (χ1) is 8.15. The number of ether oxygens (including phenoxy) is 2. The zero-order chi connectivity index (χ0) is 12.3.